The van der Waals surface area contributed by atoms with E-state index in [1.54, 1.807) is 35.1 Å². The fraction of sp³-hybridized carbons (Fsp3) is 0.345. The maximum absolute atomic E-state index is 15.7. The summed E-state index contributed by atoms with van der Waals surface area (Å²) in [6, 6.07) is 12.1. The Kier molecular flexibility index (Phi) is 7.36. The Morgan fingerprint density at radius 1 is 1.20 bits per heavy atom. The van der Waals surface area contributed by atoms with E-state index in [0.29, 0.717) is 52.3 Å². The summed E-state index contributed by atoms with van der Waals surface area (Å²) in [7, 11) is 0. The quantitative estimate of drug-likeness (QED) is 0.368. The van der Waals surface area contributed by atoms with Crippen molar-refractivity contribution in [3.05, 3.63) is 75.8 Å². The molecule has 2 aliphatic rings. The molecule has 2 atom stereocenters. The number of aryl methyl sites for hydroxylation is 1. The SMILES string of the molecule is Cc1cc(Nc2nn(C3CCN(c4ccc(C#N)cn4)C[C@@H]3F)c3cc[nH]c(=O)c23)ccc1C(=O)N1CCSCC1. The number of carbonyl (C=O) groups is 1. The lowest BCUT2D eigenvalue weighted by Crippen LogP contribution is -2.43. The lowest BCUT2D eigenvalue weighted by Gasteiger charge is -2.35. The largest absolute Gasteiger partial charge is 0.354 e. The fourth-order valence-corrected chi connectivity index (χ4v) is 6.41. The number of nitrogens with one attached hydrogen (secondary N) is 2. The minimum atomic E-state index is -1.27. The monoisotopic (exact) mass is 572 g/mol. The van der Waals surface area contributed by atoms with Crippen LogP contribution in [-0.4, -0.2) is 74.4 Å². The second kappa shape index (κ2) is 11.2. The molecule has 2 saturated heterocycles. The first-order valence-electron chi connectivity index (χ1n) is 13.5. The molecule has 1 amide bonds. The zero-order chi connectivity index (χ0) is 28.5. The van der Waals surface area contributed by atoms with Crippen LogP contribution in [0.5, 0.6) is 0 Å². The van der Waals surface area contributed by atoms with E-state index in [1.807, 2.05) is 46.7 Å². The fourth-order valence-electron chi connectivity index (χ4n) is 5.51. The molecular formula is C29H29FN8O2S. The van der Waals surface area contributed by atoms with Gasteiger partial charge in [-0.15, -0.1) is 0 Å². The highest BCUT2D eigenvalue weighted by Gasteiger charge is 2.33. The lowest BCUT2D eigenvalue weighted by molar-refractivity contribution is 0.0771. The van der Waals surface area contributed by atoms with Crippen LogP contribution >= 0.6 is 11.8 Å². The number of halogens is 1. The third kappa shape index (κ3) is 5.25. The summed E-state index contributed by atoms with van der Waals surface area (Å²) in [5.41, 5.74) is 2.83. The van der Waals surface area contributed by atoms with E-state index in [2.05, 4.69) is 15.3 Å². The minimum Gasteiger partial charge on any atom is -0.354 e. The van der Waals surface area contributed by atoms with Crippen LogP contribution < -0.4 is 15.8 Å². The average Bonchev–Trinajstić information content (AvgIpc) is 3.36. The number of benzene rings is 1. The zero-order valence-corrected chi connectivity index (χ0v) is 23.3. The summed E-state index contributed by atoms with van der Waals surface area (Å²) in [6.45, 7) is 4.04. The van der Waals surface area contributed by atoms with Gasteiger partial charge >= 0.3 is 0 Å². The molecule has 0 aliphatic carbocycles. The predicted octanol–water partition coefficient (Wildman–Crippen LogP) is 4.02. The van der Waals surface area contributed by atoms with E-state index < -0.39 is 12.2 Å². The number of hydrogen-bond donors (Lipinski definition) is 2. The second-order valence-corrected chi connectivity index (χ2v) is 11.5. The van der Waals surface area contributed by atoms with Crippen molar-refractivity contribution in [3.8, 4) is 6.07 Å². The van der Waals surface area contributed by atoms with Crippen LogP contribution in [0.25, 0.3) is 10.9 Å². The molecule has 4 aromatic rings. The van der Waals surface area contributed by atoms with Crippen LogP contribution in [0.2, 0.25) is 0 Å². The number of hydrogen-bond acceptors (Lipinski definition) is 8. The first-order valence-corrected chi connectivity index (χ1v) is 14.7. The highest BCUT2D eigenvalue weighted by Crippen LogP contribution is 2.33. The molecule has 0 spiro atoms. The average molecular weight is 573 g/mol. The maximum Gasteiger partial charge on any atom is 0.261 e. The maximum atomic E-state index is 15.7. The second-order valence-electron chi connectivity index (χ2n) is 10.3. The Morgan fingerprint density at radius 3 is 2.73 bits per heavy atom. The molecule has 5 heterocycles. The zero-order valence-electron chi connectivity index (χ0n) is 22.5. The van der Waals surface area contributed by atoms with E-state index in [-0.39, 0.29) is 18.0 Å². The molecular weight excluding hydrogens is 543 g/mol. The van der Waals surface area contributed by atoms with Crippen LogP contribution in [0.15, 0.2) is 53.6 Å². The third-order valence-electron chi connectivity index (χ3n) is 7.67. The van der Waals surface area contributed by atoms with Gasteiger partial charge in [-0.2, -0.15) is 22.1 Å². The number of alkyl halides is 1. The smallest absolute Gasteiger partial charge is 0.261 e. The number of fused-ring (bicyclic) bond motifs is 1. The molecule has 0 saturated carbocycles. The highest BCUT2D eigenvalue weighted by atomic mass is 32.2. The van der Waals surface area contributed by atoms with Crippen molar-refractivity contribution in [1.82, 2.24) is 24.6 Å². The number of aromatic nitrogens is 4. The summed E-state index contributed by atoms with van der Waals surface area (Å²) < 4.78 is 17.3. The standard InChI is InChI=1S/C29H29FN8O2S/c1-18-14-20(3-4-21(18)29(40)36-10-12-41-13-11-36)34-27-26-24(6-8-32-28(26)39)38(35-27)23-7-9-37(17-22(23)30)25-5-2-19(15-31)16-33-25/h2-6,8,14,16,22-23H,7,9-13,17H2,1H3,(H,32,39)(H,34,35)/t22-,23?/m0/s1. The van der Waals surface area contributed by atoms with Crippen LogP contribution in [0, 0.1) is 18.3 Å². The van der Waals surface area contributed by atoms with E-state index in [9.17, 15) is 9.59 Å². The van der Waals surface area contributed by atoms with E-state index in [0.717, 1.165) is 30.2 Å². The van der Waals surface area contributed by atoms with E-state index >= 15 is 4.39 Å². The van der Waals surface area contributed by atoms with Crippen LogP contribution in [0.4, 0.5) is 21.7 Å². The number of nitrogens with zero attached hydrogens (tertiary/aromatic N) is 6. The van der Waals surface area contributed by atoms with Gasteiger partial charge in [-0.1, -0.05) is 0 Å². The Balaban J connectivity index is 1.25. The summed E-state index contributed by atoms with van der Waals surface area (Å²) in [6.07, 6.45) is 2.21. The van der Waals surface area contributed by atoms with Gasteiger partial charge < -0.3 is 20.1 Å². The lowest BCUT2D eigenvalue weighted by atomic mass is 10.0. The molecule has 210 valence electrons. The normalized spacial score (nSPS) is 19.2. The van der Waals surface area contributed by atoms with Gasteiger partial charge in [0, 0.05) is 54.8 Å². The van der Waals surface area contributed by atoms with Crippen molar-refractivity contribution < 1.29 is 9.18 Å². The molecule has 0 radical (unpaired) electrons. The molecule has 2 N–H and O–H groups in total. The van der Waals surface area contributed by atoms with Gasteiger partial charge in [0.05, 0.1) is 23.7 Å². The molecule has 2 fully saturated rings. The summed E-state index contributed by atoms with van der Waals surface area (Å²) >= 11 is 1.85. The Bertz CT molecular complexity index is 1690. The molecule has 12 heteroatoms. The predicted molar refractivity (Wildman–Crippen MR) is 158 cm³/mol. The molecule has 1 unspecified atom stereocenters. The van der Waals surface area contributed by atoms with Gasteiger partial charge in [-0.05, 0) is 55.3 Å². The van der Waals surface area contributed by atoms with Crippen molar-refractivity contribution in [3.63, 3.8) is 0 Å². The molecule has 3 aromatic heterocycles. The Morgan fingerprint density at radius 2 is 2.02 bits per heavy atom. The van der Waals surface area contributed by atoms with Crippen LogP contribution in [0.1, 0.15) is 33.9 Å². The Hall–Kier alpha value is -4.37. The van der Waals surface area contributed by atoms with Crippen LogP contribution in [-0.2, 0) is 0 Å². The van der Waals surface area contributed by atoms with Crippen molar-refractivity contribution in [2.45, 2.75) is 25.6 Å². The van der Waals surface area contributed by atoms with E-state index in [4.69, 9.17) is 10.4 Å². The minimum absolute atomic E-state index is 0.0251. The number of aromatic amines is 1. The first kappa shape index (κ1) is 26.8. The topological polar surface area (TPSA) is 123 Å². The number of nitriles is 1. The molecule has 1 aromatic carbocycles. The number of rotatable bonds is 5. The van der Waals surface area contributed by atoms with Gasteiger partial charge in [0.1, 0.15) is 23.4 Å². The number of pyridine rings is 2. The molecule has 41 heavy (non-hydrogen) atoms. The highest BCUT2D eigenvalue weighted by molar-refractivity contribution is 7.99. The van der Waals surface area contributed by atoms with Crippen molar-refractivity contribution in [2.24, 2.45) is 0 Å². The number of anilines is 3. The van der Waals surface area contributed by atoms with Gasteiger partial charge in [0.25, 0.3) is 11.5 Å². The van der Waals surface area contributed by atoms with Gasteiger partial charge in [0.15, 0.2) is 5.82 Å². The van der Waals surface area contributed by atoms with Crippen molar-refractivity contribution in [1.29, 1.82) is 5.26 Å². The van der Waals surface area contributed by atoms with Gasteiger partial charge in [-0.3, -0.25) is 14.3 Å². The third-order valence-corrected chi connectivity index (χ3v) is 8.61. The number of piperidine rings is 1. The van der Waals surface area contributed by atoms with Crippen molar-refractivity contribution >= 4 is 45.9 Å². The number of amides is 1. The number of carbonyl (C=O) groups excluding carboxylic acids is 1. The van der Waals surface area contributed by atoms with Gasteiger partial charge in [0.2, 0.25) is 0 Å². The summed E-state index contributed by atoms with van der Waals surface area (Å²) in [5.74, 6) is 2.86. The number of H-pyrrole nitrogens is 1. The molecule has 0 bridgehead atoms. The molecule has 6 rings (SSSR count). The summed E-state index contributed by atoms with van der Waals surface area (Å²) in [4.78, 5) is 36.7. The number of thioether (sulfide) groups is 1. The first-order chi connectivity index (χ1) is 19.9. The molecule has 10 nitrogen and oxygen atoms in total. The molecule has 2 aliphatic heterocycles. The van der Waals surface area contributed by atoms with Crippen LogP contribution in [0.3, 0.4) is 0 Å². The van der Waals surface area contributed by atoms with E-state index in [1.165, 1.54) is 6.20 Å². The Labute approximate surface area is 240 Å². The van der Waals surface area contributed by atoms with Gasteiger partial charge in [-0.25, -0.2) is 9.37 Å². The summed E-state index contributed by atoms with van der Waals surface area (Å²) in [5, 5.41) is 17.3. The van der Waals surface area contributed by atoms with Crippen molar-refractivity contribution in [2.75, 3.05) is 47.9 Å².